The van der Waals surface area contributed by atoms with Crippen LogP contribution in [0.3, 0.4) is 0 Å². The number of aryl methyl sites for hydroxylation is 1. The Hall–Kier alpha value is -2.11. The standard InChI is InChI=1S/C8H8N4O2/c1-12-4-7(10-11-12)5-2-9-3-6(5)8(13)14/h2-4,9H,1H3,(H,13,14). The molecule has 0 unspecified atom stereocenters. The van der Waals surface area contributed by atoms with Gasteiger partial charge in [0, 0.05) is 25.0 Å². The fraction of sp³-hybridized carbons (Fsp3) is 0.125. The fourth-order valence-electron chi connectivity index (χ4n) is 1.22. The van der Waals surface area contributed by atoms with Gasteiger partial charge in [-0.2, -0.15) is 0 Å². The van der Waals surface area contributed by atoms with Crippen molar-refractivity contribution < 1.29 is 9.90 Å². The van der Waals surface area contributed by atoms with Crippen molar-refractivity contribution in [1.82, 2.24) is 20.0 Å². The molecule has 2 heterocycles. The summed E-state index contributed by atoms with van der Waals surface area (Å²) in [5.41, 5.74) is 1.29. The summed E-state index contributed by atoms with van der Waals surface area (Å²) in [4.78, 5) is 13.5. The molecule has 0 aromatic carbocycles. The second kappa shape index (κ2) is 2.99. The van der Waals surface area contributed by atoms with E-state index >= 15 is 0 Å². The molecule has 2 aromatic heterocycles. The highest BCUT2D eigenvalue weighted by Crippen LogP contribution is 2.20. The molecule has 0 saturated heterocycles. The third-order valence-corrected chi connectivity index (χ3v) is 1.85. The second-order valence-corrected chi connectivity index (χ2v) is 2.87. The van der Waals surface area contributed by atoms with Gasteiger partial charge in [-0.1, -0.05) is 5.21 Å². The molecule has 72 valence electrons. The Morgan fingerprint density at radius 2 is 2.36 bits per heavy atom. The average molecular weight is 192 g/mol. The maximum absolute atomic E-state index is 10.8. The van der Waals surface area contributed by atoms with Crippen molar-refractivity contribution in [2.45, 2.75) is 0 Å². The molecule has 0 atom stereocenters. The van der Waals surface area contributed by atoms with E-state index in [0.29, 0.717) is 11.3 Å². The lowest BCUT2D eigenvalue weighted by Gasteiger charge is -1.92. The summed E-state index contributed by atoms with van der Waals surface area (Å²) >= 11 is 0. The first-order chi connectivity index (χ1) is 6.68. The number of carbonyl (C=O) groups is 1. The quantitative estimate of drug-likeness (QED) is 0.726. The van der Waals surface area contributed by atoms with Gasteiger partial charge in [0.1, 0.15) is 5.69 Å². The zero-order valence-electron chi connectivity index (χ0n) is 7.43. The van der Waals surface area contributed by atoms with Gasteiger partial charge in [0.05, 0.1) is 11.8 Å². The Kier molecular flexibility index (Phi) is 1.81. The van der Waals surface area contributed by atoms with Gasteiger partial charge in [-0.3, -0.25) is 4.68 Å². The molecule has 0 aliphatic carbocycles. The number of carboxylic acid groups (broad SMARTS) is 1. The highest BCUT2D eigenvalue weighted by molar-refractivity contribution is 5.95. The third-order valence-electron chi connectivity index (χ3n) is 1.85. The van der Waals surface area contributed by atoms with Crippen LogP contribution in [0.5, 0.6) is 0 Å². The molecule has 0 amide bonds. The van der Waals surface area contributed by atoms with Crippen LogP contribution in [-0.4, -0.2) is 31.1 Å². The number of hydrogen-bond donors (Lipinski definition) is 2. The molecule has 2 rings (SSSR count). The van der Waals surface area contributed by atoms with Crippen LogP contribution in [0.2, 0.25) is 0 Å². The zero-order valence-corrected chi connectivity index (χ0v) is 7.43. The van der Waals surface area contributed by atoms with E-state index in [1.807, 2.05) is 0 Å². The van der Waals surface area contributed by atoms with Crippen LogP contribution in [-0.2, 0) is 7.05 Å². The molecule has 2 aromatic rings. The first kappa shape index (κ1) is 8.49. The van der Waals surface area contributed by atoms with Gasteiger partial charge in [0.2, 0.25) is 0 Å². The van der Waals surface area contributed by atoms with Crippen molar-refractivity contribution in [2.75, 3.05) is 0 Å². The number of hydrogen-bond acceptors (Lipinski definition) is 3. The minimum absolute atomic E-state index is 0.200. The summed E-state index contributed by atoms with van der Waals surface area (Å²) in [5.74, 6) is -0.980. The third kappa shape index (κ3) is 1.26. The lowest BCUT2D eigenvalue weighted by Crippen LogP contribution is -1.95. The van der Waals surface area contributed by atoms with Crippen LogP contribution in [0.25, 0.3) is 11.3 Å². The Bertz CT molecular complexity index is 471. The van der Waals surface area contributed by atoms with Gasteiger partial charge in [-0.15, -0.1) is 5.10 Å². The summed E-state index contributed by atoms with van der Waals surface area (Å²) in [7, 11) is 1.73. The first-order valence-corrected chi connectivity index (χ1v) is 3.95. The smallest absolute Gasteiger partial charge is 0.337 e. The highest BCUT2D eigenvalue weighted by Gasteiger charge is 2.14. The second-order valence-electron chi connectivity index (χ2n) is 2.87. The Morgan fingerprint density at radius 3 is 2.93 bits per heavy atom. The summed E-state index contributed by atoms with van der Waals surface area (Å²) in [6.07, 6.45) is 4.68. The number of H-pyrrole nitrogens is 1. The van der Waals surface area contributed by atoms with E-state index in [-0.39, 0.29) is 5.56 Å². The van der Waals surface area contributed by atoms with E-state index in [9.17, 15) is 4.79 Å². The number of nitrogens with zero attached hydrogens (tertiary/aromatic N) is 3. The summed E-state index contributed by atoms with van der Waals surface area (Å²) in [6.45, 7) is 0. The normalized spacial score (nSPS) is 10.4. The van der Waals surface area contributed by atoms with Gasteiger partial charge in [0.15, 0.2) is 0 Å². The minimum Gasteiger partial charge on any atom is -0.478 e. The number of nitrogens with one attached hydrogen (secondary N) is 1. The predicted molar refractivity (Wildman–Crippen MR) is 47.7 cm³/mol. The molecule has 6 heteroatoms. The van der Waals surface area contributed by atoms with E-state index in [2.05, 4.69) is 15.3 Å². The van der Waals surface area contributed by atoms with Gasteiger partial charge in [-0.05, 0) is 0 Å². The van der Waals surface area contributed by atoms with Gasteiger partial charge in [-0.25, -0.2) is 4.79 Å². The molecular weight excluding hydrogens is 184 g/mol. The maximum atomic E-state index is 10.8. The monoisotopic (exact) mass is 192 g/mol. The largest absolute Gasteiger partial charge is 0.478 e. The maximum Gasteiger partial charge on any atom is 0.337 e. The van der Waals surface area contributed by atoms with Crippen LogP contribution in [0.4, 0.5) is 0 Å². The Labute approximate surface area is 79.2 Å². The summed E-state index contributed by atoms with van der Waals surface area (Å²) < 4.78 is 1.52. The lowest BCUT2D eigenvalue weighted by molar-refractivity contribution is 0.0698. The molecule has 0 bridgehead atoms. The number of rotatable bonds is 2. The highest BCUT2D eigenvalue weighted by atomic mass is 16.4. The number of aromatic nitrogens is 4. The molecule has 14 heavy (non-hydrogen) atoms. The van der Waals surface area contributed by atoms with Crippen molar-refractivity contribution in [3.63, 3.8) is 0 Å². The van der Waals surface area contributed by atoms with Crippen molar-refractivity contribution in [1.29, 1.82) is 0 Å². The van der Waals surface area contributed by atoms with Crippen LogP contribution >= 0.6 is 0 Å². The van der Waals surface area contributed by atoms with Crippen LogP contribution in [0.1, 0.15) is 10.4 Å². The molecule has 0 aliphatic rings. The molecular formula is C8H8N4O2. The fourth-order valence-corrected chi connectivity index (χ4v) is 1.22. The lowest BCUT2D eigenvalue weighted by atomic mass is 10.1. The topological polar surface area (TPSA) is 83.8 Å². The summed E-state index contributed by atoms with van der Waals surface area (Å²) in [5, 5.41) is 16.4. The minimum atomic E-state index is -0.980. The van der Waals surface area contributed by atoms with E-state index in [1.165, 1.54) is 10.9 Å². The van der Waals surface area contributed by atoms with Crippen LogP contribution < -0.4 is 0 Å². The van der Waals surface area contributed by atoms with Crippen molar-refractivity contribution in [3.05, 3.63) is 24.2 Å². The van der Waals surface area contributed by atoms with Gasteiger partial charge >= 0.3 is 5.97 Å². The van der Waals surface area contributed by atoms with Crippen molar-refractivity contribution >= 4 is 5.97 Å². The molecule has 0 saturated carbocycles. The first-order valence-electron chi connectivity index (χ1n) is 3.95. The average Bonchev–Trinajstić information content (AvgIpc) is 2.70. The molecule has 0 radical (unpaired) electrons. The van der Waals surface area contributed by atoms with Crippen LogP contribution in [0.15, 0.2) is 18.6 Å². The Morgan fingerprint density at radius 1 is 1.57 bits per heavy atom. The van der Waals surface area contributed by atoms with Crippen molar-refractivity contribution in [3.8, 4) is 11.3 Å². The molecule has 0 spiro atoms. The van der Waals surface area contributed by atoms with E-state index in [0.717, 1.165) is 0 Å². The Balaban J connectivity index is 2.51. The molecule has 0 aliphatic heterocycles. The SMILES string of the molecule is Cn1cc(-c2c[nH]cc2C(=O)O)nn1. The van der Waals surface area contributed by atoms with Gasteiger partial charge < -0.3 is 10.1 Å². The van der Waals surface area contributed by atoms with Crippen molar-refractivity contribution in [2.24, 2.45) is 7.05 Å². The molecule has 2 N–H and O–H groups in total. The predicted octanol–water partition coefficient (Wildman–Crippen LogP) is 0.508. The van der Waals surface area contributed by atoms with E-state index in [1.54, 1.807) is 19.4 Å². The number of carboxylic acids is 1. The van der Waals surface area contributed by atoms with Gasteiger partial charge in [0.25, 0.3) is 0 Å². The molecule has 0 fully saturated rings. The summed E-state index contributed by atoms with van der Waals surface area (Å²) in [6, 6.07) is 0. The number of aromatic carboxylic acids is 1. The van der Waals surface area contributed by atoms with Crippen LogP contribution in [0, 0.1) is 0 Å². The van der Waals surface area contributed by atoms with E-state index < -0.39 is 5.97 Å². The van der Waals surface area contributed by atoms with E-state index in [4.69, 9.17) is 5.11 Å². The zero-order chi connectivity index (χ0) is 10.1. The molecule has 6 nitrogen and oxygen atoms in total. The number of aromatic amines is 1.